The predicted molar refractivity (Wildman–Crippen MR) is 112 cm³/mol. The lowest BCUT2D eigenvalue weighted by Crippen LogP contribution is -2.26. The van der Waals surface area contributed by atoms with Crippen molar-refractivity contribution in [1.82, 2.24) is 4.57 Å². The molecular weight excluding hydrogens is 313 g/mol. The molecule has 0 saturated carbocycles. The van der Waals surface area contributed by atoms with Crippen molar-refractivity contribution < 1.29 is 0 Å². The molecule has 5 rings (SSSR count). The number of fused-ring (bicyclic) bond motifs is 3. The monoisotopic (exact) mass is 330 g/mol. The first-order chi connectivity index (χ1) is 12.9. The molecule has 0 spiro atoms. The molecule has 1 heterocycles. The van der Waals surface area contributed by atoms with Gasteiger partial charge in [-0.05, 0) is 24.3 Å². The lowest BCUT2D eigenvalue weighted by Gasteiger charge is -2.07. The van der Waals surface area contributed by atoms with Crippen LogP contribution in [0.4, 0.5) is 0 Å². The average Bonchev–Trinajstić information content (AvgIpc) is 3.03. The van der Waals surface area contributed by atoms with Gasteiger partial charge in [-0.2, -0.15) is 0 Å². The van der Waals surface area contributed by atoms with Gasteiger partial charge in [0.05, 0.1) is 11.0 Å². The van der Waals surface area contributed by atoms with Gasteiger partial charge in [0, 0.05) is 16.5 Å². The van der Waals surface area contributed by atoms with Gasteiger partial charge in [-0.1, -0.05) is 89.8 Å². The molecule has 0 N–H and O–H groups in total. The molecule has 0 atom stereocenters. The van der Waals surface area contributed by atoms with Crippen LogP contribution < -0.4 is 10.9 Å². The second kappa shape index (κ2) is 6.23. The fourth-order valence-electron chi connectivity index (χ4n) is 3.68. The molecule has 0 amide bonds. The Morgan fingerprint density at radius 1 is 0.500 bits per heavy atom. The Hall–Kier alpha value is -3.26. The van der Waals surface area contributed by atoms with E-state index < -0.39 is 0 Å². The fraction of sp³-hybridized carbons (Fsp3) is 0. The molecule has 0 bridgehead atoms. The third-order valence-corrected chi connectivity index (χ3v) is 4.84. The van der Waals surface area contributed by atoms with Crippen LogP contribution in [0.25, 0.3) is 27.5 Å². The molecule has 0 fully saturated rings. The van der Waals surface area contributed by atoms with Crippen LogP contribution in [0.1, 0.15) is 0 Å². The van der Waals surface area contributed by atoms with E-state index in [1.54, 1.807) is 0 Å². The van der Waals surface area contributed by atoms with Crippen LogP contribution in [-0.4, -0.2) is 11.8 Å². The SMILES string of the molecule is [B](c1ccccc1)c1ccc2c(c1)c1ccccc1n2-c1ccccc1. The summed E-state index contributed by atoms with van der Waals surface area (Å²) in [6.07, 6.45) is 0. The molecule has 1 nitrogen and oxygen atoms in total. The van der Waals surface area contributed by atoms with E-state index in [9.17, 15) is 0 Å². The van der Waals surface area contributed by atoms with Crippen molar-refractivity contribution in [3.8, 4) is 5.69 Å². The summed E-state index contributed by atoms with van der Waals surface area (Å²) in [7, 11) is 2.23. The van der Waals surface area contributed by atoms with Gasteiger partial charge in [-0.15, -0.1) is 0 Å². The van der Waals surface area contributed by atoms with Gasteiger partial charge in [0.25, 0.3) is 0 Å². The van der Waals surface area contributed by atoms with Gasteiger partial charge >= 0.3 is 0 Å². The zero-order valence-corrected chi connectivity index (χ0v) is 14.3. The van der Waals surface area contributed by atoms with Crippen molar-refractivity contribution in [3.63, 3.8) is 0 Å². The minimum Gasteiger partial charge on any atom is -0.309 e. The highest BCUT2D eigenvalue weighted by Crippen LogP contribution is 2.31. The highest BCUT2D eigenvalue weighted by Gasteiger charge is 2.12. The third kappa shape index (κ3) is 2.51. The summed E-state index contributed by atoms with van der Waals surface area (Å²) >= 11 is 0. The Bertz CT molecular complexity index is 1190. The molecule has 5 aromatic rings. The van der Waals surface area contributed by atoms with E-state index in [4.69, 9.17) is 0 Å². The van der Waals surface area contributed by atoms with Gasteiger partial charge in [-0.3, -0.25) is 0 Å². The summed E-state index contributed by atoms with van der Waals surface area (Å²) in [5, 5.41) is 2.57. The number of hydrogen-bond acceptors (Lipinski definition) is 0. The smallest absolute Gasteiger partial charge is 0.191 e. The maximum absolute atomic E-state index is 2.34. The van der Waals surface area contributed by atoms with Crippen LogP contribution in [-0.2, 0) is 0 Å². The molecule has 0 aliphatic carbocycles. The quantitative estimate of drug-likeness (QED) is 0.431. The maximum atomic E-state index is 2.34. The lowest BCUT2D eigenvalue weighted by atomic mass is 9.64. The number of aromatic nitrogens is 1. The lowest BCUT2D eigenvalue weighted by molar-refractivity contribution is 1.18. The van der Waals surface area contributed by atoms with E-state index >= 15 is 0 Å². The van der Waals surface area contributed by atoms with Crippen LogP contribution in [0.2, 0.25) is 0 Å². The Kier molecular flexibility index (Phi) is 3.60. The molecule has 1 aromatic heterocycles. The molecule has 1 radical (unpaired) electrons. The summed E-state index contributed by atoms with van der Waals surface area (Å²) in [6, 6.07) is 36.4. The molecule has 2 heteroatoms. The van der Waals surface area contributed by atoms with Gasteiger partial charge in [0.15, 0.2) is 7.28 Å². The Balaban J connectivity index is 1.73. The van der Waals surface area contributed by atoms with Gasteiger partial charge in [-0.25, -0.2) is 0 Å². The van der Waals surface area contributed by atoms with Crippen molar-refractivity contribution in [2.75, 3.05) is 0 Å². The first-order valence-corrected chi connectivity index (χ1v) is 8.88. The van der Waals surface area contributed by atoms with Crippen LogP contribution in [0.3, 0.4) is 0 Å². The number of para-hydroxylation sites is 2. The largest absolute Gasteiger partial charge is 0.309 e. The highest BCUT2D eigenvalue weighted by molar-refractivity contribution is 6.67. The van der Waals surface area contributed by atoms with E-state index in [1.807, 2.05) is 6.07 Å². The topological polar surface area (TPSA) is 4.93 Å². The van der Waals surface area contributed by atoms with E-state index in [1.165, 1.54) is 38.4 Å². The number of nitrogens with zero attached hydrogens (tertiary/aromatic N) is 1. The third-order valence-electron chi connectivity index (χ3n) is 4.84. The van der Waals surface area contributed by atoms with E-state index in [0.717, 1.165) is 0 Å². The van der Waals surface area contributed by atoms with Gasteiger partial charge in [0.2, 0.25) is 0 Å². The molecule has 0 unspecified atom stereocenters. The maximum Gasteiger partial charge on any atom is 0.191 e. The van der Waals surface area contributed by atoms with Crippen molar-refractivity contribution in [2.45, 2.75) is 0 Å². The minimum absolute atomic E-state index is 1.19. The van der Waals surface area contributed by atoms with Gasteiger partial charge < -0.3 is 4.57 Å². The van der Waals surface area contributed by atoms with E-state index in [-0.39, 0.29) is 0 Å². The highest BCUT2D eigenvalue weighted by atomic mass is 15.0. The summed E-state index contributed by atoms with van der Waals surface area (Å²) < 4.78 is 2.34. The second-order valence-corrected chi connectivity index (χ2v) is 6.52. The molecule has 4 aromatic carbocycles. The first-order valence-electron chi connectivity index (χ1n) is 8.88. The van der Waals surface area contributed by atoms with Gasteiger partial charge in [0.1, 0.15) is 0 Å². The fourth-order valence-corrected chi connectivity index (χ4v) is 3.68. The summed E-state index contributed by atoms with van der Waals surface area (Å²) in [5.74, 6) is 0. The first kappa shape index (κ1) is 15.0. The predicted octanol–water partition coefficient (Wildman–Crippen LogP) is 4.44. The Morgan fingerprint density at radius 2 is 1.15 bits per heavy atom. The zero-order valence-electron chi connectivity index (χ0n) is 14.3. The average molecular weight is 330 g/mol. The van der Waals surface area contributed by atoms with Crippen molar-refractivity contribution >= 4 is 40.0 Å². The molecule has 121 valence electrons. The minimum atomic E-state index is 1.19. The summed E-state index contributed by atoms with van der Waals surface area (Å²) in [5.41, 5.74) is 6.12. The molecule has 0 aliphatic heterocycles. The second-order valence-electron chi connectivity index (χ2n) is 6.52. The molecule has 0 saturated heterocycles. The Morgan fingerprint density at radius 3 is 1.96 bits per heavy atom. The number of benzene rings is 4. The van der Waals surface area contributed by atoms with Crippen molar-refractivity contribution in [3.05, 3.63) is 103 Å². The normalized spacial score (nSPS) is 11.1. The molecule has 26 heavy (non-hydrogen) atoms. The Labute approximate surface area is 153 Å². The van der Waals surface area contributed by atoms with E-state index in [2.05, 4.69) is 109 Å². The number of rotatable bonds is 3. The van der Waals surface area contributed by atoms with Crippen LogP contribution in [0, 0.1) is 0 Å². The van der Waals surface area contributed by atoms with E-state index in [0.29, 0.717) is 0 Å². The zero-order chi connectivity index (χ0) is 17.3. The van der Waals surface area contributed by atoms with Crippen molar-refractivity contribution in [2.24, 2.45) is 0 Å². The molecular formula is C24H17BN. The number of hydrogen-bond donors (Lipinski definition) is 0. The van der Waals surface area contributed by atoms with Crippen LogP contribution in [0.15, 0.2) is 103 Å². The molecule has 0 aliphatic rings. The van der Waals surface area contributed by atoms with Crippen LogP contribution >= 0.6 is 0 Å². The standard InChI is InChI=1S/C24H17BN/c1-3-9-18(10-4-1)25-19-15-16-24-22(17-19)21-13-7-8-14-23(21)26(24)20-11-5-2-6-12-20/h1-17H. The summed E-state index contributed by atoms with van der Waals surface area (Å²) in [6.45, 7) is 0. The van der Waals surface area contributed by atoms with Crippen molar-refractivity contribution in [1.29, 1.82) is 0 Å². The summed E-state index contributed by atoms with van der Waals surface area (Å²) in [4.78, 5) is 0. The van der Waals surface area contributed by atoms with Crippen LogP contribution in [0.5, 0.6) is 0 Å².